The molecule has 0 saturated heterocycles. The molecule has 1 aromatic carbocycles. The van der Waals surface area contributed by atoms with Gasteiger partial charge in [-0.2, -0.15) is 0 Å². The van der Waals surface area contributed by atoms with E-state index in [1.54, 1.807) is 19.1 Å². The summed E-state index contributed by atoms with van der Waals surface area (Å²) in [5.74, 6) is 0.526. The van der Waals surface area contributed by atoms with Crippen molar-refractivity contribution in [3.05, 3.63) is 27.7 Å². The molecular weight excluding hydrogens is 235 g/mol. The third-order valence-electron chi connectivity index (χ3n) is 1.94. The Hall–Kier alpha value is -0.440. The first kappa shape index (κ1) is 12.6. The lowest BCUT2D eigenvalue weighted by Crippen LogP contribution is -2.02. The highest BCUT2D eigenvalue weighted by atomic mass is 35.5. The SMILES string of the molecule is CCCOc1c(Cl)cc(Cl)cc1C(C)O. The fourth-order valence-corrected chi connectivity index (χ4v) is 1.81. The minimum absolute atomic E-state index is 0.437. The van der Waals surface area contributed by atoms with E-state index in [0.29, 0.717) is 28.0 Å². The molecule has 0 bridgehead atoms. The van der Waals surface area contributed by atoms with Crippen molar-refractivity contribution < 1.29 is 9.84 Å². The van der Waals surface area contributed by atoms with Gasteiger partial charge >= 0.3 is 0 Å². The van der Waals surface area contributed by atoms with Gasteiger partial charge in [-0.25, -0.2) is 0 Å². The van der Waals surface area contributed by atoms with Crippen LogP contribution in [0.15, 0.2) is 12.1 Å². The van der Waals surface area contributed by atoms with Crippen molar-refractivity contribution in [1.29, 1.82) is 0 Å². The van der Waals surface area contributed by atoms with Gasteiger partial charge in [0.2, 0.25) is 0 Å². The van der Waals surface area contributed by atoms with Crippen LogP contribution in [0.1, 0.15) is 31.9 Å². The Balaban J connectivity index is 3.09. The highest BCUT2D eigenvalue weighted by Crippen LogP contribution is 2.35. The fraction of sp³-hybridized carbons (Fsp3) is 0.455. The quantitative estimate of drug-likeness (QED) is 0.878. The molecule has 4 heteroatoms. The van der Waals surface area contributed by atoms with Crippen LogP contribution < -0.4 is 4.74 Å². The second kappa shape index (κ2) is 5.59. The molecule has 1 N–H and O–H groups in total. The van der Waals surface area contributed by atoms with Crippen LogP contribution in [0.4, 0.5) is 0 Å². The zero-order valence-corrected chi connectivity index (χ0v) is 10.3. The molecule has 0 saturated carbocycles. The summed E-state index contributed by atoms with van der Waals surface area (Å²) in [5, 5.41) is 10.5. The van der Waals surface area contributed by atoms with Gasteiger partial charge in [-0.3, -0.25) is 0 Å². The Morgan fingerprint density at radius 3 is 2.60 bits per heavy atom. The summed E-state index contributed by atoms with van der Waals surface area (Å²) in [4.78, 5) is 0. The number of benzene rings is 1. The van der Waals surface area contributed by atoms with E-state index in [0.717, 1.165) is 6.42 Å². The second-order valence-corrected chi connectivity index (χ2v) is 4.17. The molecule has 0 aliphatic rings. The molecule has 0 radical (unpaired) electrons. The van der Waals surface area contributed by atoms with Crippen LogP contribution in [-0.4, -0.2) is 11.7 Å². The summed E-state index contributed by atoms with van der Waals surface area (Å²) in [5.41, 5.74) is 0.626. The predicted molar refractivity (Wildman–Crippen MR) is 62.9 cm³/mol. The largest absolute Gasteiger partial charge is 0.492 e. The summed E-state index contributed by atoms with van der Waals surface area (Å²) in [6.45, 7) is 4.23. The number of halogens is 2. The summed E-state index contributed by atoms with van der Waals surface area (Å²) < 4.78 is 5.48. The molecule has 15 heavy (non-hydrogen) atoms. The highest BCUT2D eigenvalue weighted by molar-refractivity contribution is 6.35. The molecule has 0 aliphatic carbocycles. The zero-order valence-electron chi connectivity index (χ0n) is 8.76. The van der Waals surface area contributed by atoms with Gasteiger partial charge < -0.3 is 9.84 Å². The van der Waals surface area contributed by atoms with Gasteiger partial charge in [0.15, 0.2) is 0 Å². The van der Waals surface area contributed by atoms with Crippen LogP contribution in [-0.2, 0) is 0 Å². The van der Waals surface area contributed by atoms with Crippen LogP contribution in [0.5, 0.6) is 5.75 Å². The molecule has 0 spiro atoms. The Kier molecular flexibility index (Phi) is 4.71. The lowest BCUT2D eigenvalue weighted by atomic mass is 10.1. The third-order valence-corrected chi connectivity index (χ3v) is 2.44. The summed E-state index contributed by atoms with van der Waals surface area (Å²) in [7, 11) is 0. The van der Waals surface area contributed by atoms with Crippen LogP contribution >= 0.6 is 23.2 Å². The van der Waals surface area contributed by atoms with E-state index in [1.807, 2.05) is 6.92 Å². The minimum atomic E-state index is -0.645. The highest BCUT2D eigenvalue weighted by Gasteiger charge is 2.14. The van der Waals surface area contributed by atoms with E-state index in [9.17, 15) is 5.11 Å². The van der Waals surface area contributed by atoms with E-state index in [-0.39, 0.29) is 0 Å². The van der Waals surface area contributed by atoms with Gasteiger partial charge in [0.05, 0.1) is 17.7 Å². The fourth-order valence-electron chi connectivity index (χ4n) is 1.25. The van der Waals surface area contributed by atoms with Gasteiger partial charge in [-0.1, -0.05) is 30.1 Å². The number of rotatable bonds is 4. The molecule has 0 aromatic heterocycles. The van der Waals surface area contributed by atoms with Gasteiger partial charge in [0, 0.05) is 10.6 Å². The van der Waals surface area contributed by atoms with E-state index in [4.69, 9.17) is 27.9 Å². The molecule has 1 aromatic rings. The topological polar surface area (TPSA) is 29.5 Å². The van der Waals surface area contributed by atoms with Crippen molar-refractivity contribution >= 4 is 23.2 Å². The molecule has 1 rings (SSSR count). The predicted octanol–water partition coefficient (Wildman–Crippen LogP) is 3.84. The smallest absolute Gasteiger partial charge is 0.143 e. The van der Waals surface area contributed by atoms with Crippen LogP contribution in [0.2, 0.25) is 10.0 Å². The normalized spacial score (nSPS) is 12.6. The van der Waals surface area contributed by atoms with E-state index in [1.165, 1.54) is 0 Å². The average molecular weight is 249 g/mol. The molecule has 1 unspecified atom stereocenters. The van der Waals surface area contributed by atoms with Crippen molar-refractivity contribution in [2.75, 3.05) is 6.61 Å². The van der Waals surface area contributed by atoms with Crippen LogP contribution in [0.25, 0.3) is 0 Å². The Labute approximate surface area is 99.8 Å². The molecule has 0 fully saturated rings. The Morgan fingerprint density at radius 1 is 1.40 bits per heavy atom. The maximum absolute atomic E-state index is 9.56. The second-order valence-electron chi connectivity index (χ2n) is 3.33. The first-order valence-electron chi connectivity index (χ1n) is 4.86. The minimum Gasteiger partial charge on any atom is -0.492 e. The molecular formula is C11H14Cl2O2. The van der Waals surface area contributed by atoms with Crippen molar-refractivity contribution in [1.82, 2.24) is 0 Å². The Morgan fingerprint density at radius 2 is 2.07 bits per heavy atom. The summed E-state index contributed by atoms with van der Waals surface area (Å²) in [6, 6.07) is 3.28. The first-order chi connectivity index (χ1) is 7.06. The molecule has 0 amide bonds. The van der Waals surface area contributed by atoms with Gasteiger partial charge in [0.1, 0.15) is 5.75 Å². The third kappa shape index (κ3) is 3.26. The number of aliphatic hydroxyl groups excluding tert-OH is 1. The summed E-state index contributed by atoms with van der Waals surface area (Å²) >= 11 is 11.8. The molecule has 1 atom stereocenters. The van der Waals surface area contributed by atoms with Gasteiger partial charge in [0.25, 0.3) is 0 Å². The van der Waals surface area contributed by atoms with Crippen LogP contribution in [0, 0.1) is 0 Å². The number of ether oxygens (including phenoxy) is 1. The lowest BCUT2D eigenvalue weighted by Gasteiger charge is -2.15. The average Bonchev–Trinajstić information content (AvgIpc) is 2.15. The molecule has 0 aliphatic heterocycles. The number of hydrogen-bond donors (Lipinski definition) is 1. The molecule has 0 heterocycles. The van der Waals surface area contributed by atoms with Crippen molar-refractivity contribution in [3.63, 3.8) is 0 Å². The first-order valence-corrected chi connectivity index (χ1v) is 5.61. The lowest BCUT2D eigenvalue weighted by molar-refractivity contribution is 0.191. The Bertz CT molecular complexity index is 338. The zero-order chi connectivity index (χ0) is 11.4. The van der Waals surface area contributed by atoms with Crippen molar-refractivity contribution in [2.24, 2.45) is 0 Å². The van der Waals surface area contributed by atoms with E-state index in [2.05, 4.69) is 0 Å². The van der Waals surface area contributed by atoms with Gasteiger partial charge in [-0.15, -0.1) is 0 Å². The van der Waals surface area contributed by atoms with Gasteiger partial charge in [-0.05, 0) is 25.5 Å². The summed E-state index contributed by atoms with van der Waals surface area (Å²) in [6.07, 6.45) is 0.242. The molecule has 2 nitrogen and oxygen atoms in total. The monoisotopic (exact) mass is 248 g/mol. The molecule has 84 valence electrons. The van der Waals surface area contributed by atoms with Crippen molar-refractivity contribution in [3.8, 4) is 5.75 Å². The standard InChI is InChI=1S/C11H14Cl2O2/c1-3-4-15-11-9(7(2)14)5-8(12)6-10(11)13/h5-7,14H,3-4H2,1-2H3. The van der Waals surface area contributed by atoms with E-state index < -0.39 is 6.10 Å². The van der Waals surface area contributed by atoms with E-state index >= 15 is 0 Å². The number of aliphatic hydroxyl groups is 1. The maximum atomic E-state index is 9.56. The van der Waals surface area contributed by atoms with Crippen LogP contribution in [0.3, 0.4) is 0 Å². The maximum Gasteiger partial charge on any atom is 0.143 e. The van der Waals surface area contributed by atoms with Crippen molar-refractivity contribution in [2.45, 2.75) is 26.4 Å². The number of hydrogen-bond acceptors (Lipinski definition) is 2.